The van der Waals surface area contributed by atoms with Crippen molar-refractivity contribution in [3.05, 3.63) is 82.0 Å². The molecule has 0 aromatic heterocycles. The molecule has 286 valence electrons. The molecule has 3 saturated carbocycles. The second kappa shape index (κ2) is 21.8. The third kappa shape index (κ3) is 13.4. The summed E-state index contributed by atoms with van der Waals surface area (Å²) < 4.78 is 2.85. The van der Waals surface area contributed by atoms with Crippen LogP contribution in [0.3, 0.4) is 0 Å². The van der Waals surface area contributed by atoms with Gasteiger partial charge in [0.15, 0.2) is 0 Å². The van der Waals surface area contributed by atoms with Gasteiger partial charge in [0.25, 0.3) is 0 Å². The number of hydrogen-bond donors (Lipinski definition) is 0. The Bertz CT molecular complexity index is 1330. The van der Waals surface area contributed by atoms with Crippen LogP contribution in [0.1, 0.15) is 144 Å². The first-order valence-electron chi connectivity index (χ1n) is 20.1. The molecule has 1 aliphatic heterocycles. The monoisotopic (exact) mass is 840 g/mol. The summed E-state index contributed by atoms with van der Waals surface area (Å²) in [5.74, 6) is 0. The van der Waals surface area contributed by atoms with E-state index in [4.69, 9.17) is 19.4 Å². The van der Waals surface area contributed by atoms with Crippen LogP contribution >= 0.6 is 27.3 Å². The topological polar surface area (TPSA) is 6.48 Å². The van der Waals surface area contributed by atoms with Crippen molar-refractivity contribution in [3.63, 3.8) is 0 Å². The summed E-state index contributed by atoms with van der Waals surface area (Å²) in [6.07, 6.45) is 27.5. The van der Waals surface area contributed by atoms with Gasteiger partial charge in [-0.3, -0.25) is 0 Å². The van der Waals surface area contributed by atoms with E-state index < -0.39 is 13.5 Å². The van der Waals surface area contributed by atoms with Gasteiger partial charge >= 0.3 is 68.7 Å². The molecule has 0 atom stereocenters. The molecule has 51 heavy (non-hydrogen) atoms. The summed E-state index contributed by atoms with van der Waals surface area (Å²) in [6, 6.07) is 9.12. The van der Waals surface area contributed by atoms with E-state index in [0.717, 1.165) is 13.1 Å². The average molecular weight is 841 g/mol. The molecule has 0 bridgehead atoms. The zero-order valence-electron chi connectivity index (χ0n) is 33.3. The molecule has 2 aromatic carbocycles. The molecule has 0 amide bonds. The van der Waals surface area contributed by atoms with Crippen LogP contribution in [0.25, 0.3) is 0 Å². The van der Waals surface area contributed by atoms with Crippen LogP contribution in [-0.2, 0) is 13.5 Å². The van der Waals surface area contributed by atoms with Crippen molar-refractivity contribution in [2.45, 2.75) is 169 Å². The number of halogens is 2. The minimum absolute atomic E-state index is 0.0465. The van der Waals surface area contributed by atoms with E-state index in [2.05, 4.69) is 86.5 Å². The fraction of sp³-hybridized carbons (Fsp3) is 0.622. The van der Waals surface area contributed by atoms with E-state index in [-0.39, 0.29) is 7.92 Å². The van der Waals surface area contributed by atoms with Gasteiger partial charge in [0, 0.05) is 32.4 Å². The minimum Gasteiger partial charge on any atom is -0.502 e. The molecular weight excluding hydrogens is 771 g/mol. The Morgan fingerprint density at radius 1 is 0.627 bits per heavy atom. The first-order valence-corrected chi connectivity index (χ1v) is 27.2. The number of benzene rings is 2. The van der Waals surface area contributed by atoms with E-state index in [9.17, 15) is 0 Å². The van der Waals surface area contributed by atoms with Gasteiger partial charge in [-0.05, 0) is 141 Å². The van der Waals surface area contributed by atoms with Crippen LogP contribution in [0, 0.1) is 48.2 Å². The molecule has 2 nitrogen and oxygen atoms in total. The second-order valence-electron chi connectivity index (χ2n) is 16.2. The van der Waals surface area contributed by atoms with Crippen LogP contribution in [0.15, 0.2) is 42.0 Å². The number of rotatable bonds is 6. The summed E-state index contributed by atoms with van der Waals surface area (Å²) in [4.78, 5) is 4.81. The number of anilines is 2. The number of allylic oxidation sites excluding steroid dienone is 3. The summed E-state index contributed by atoms with van der Waals surface area (Å²) >= 11 is -1.67. The molecule has 0 spiro atoms. The van der Waals surface area contributed by atoms with Gasteiger partial charge in [-0.1, -0.05) is 54.7 Å². The van der Waals surface area contributed by atoms with Crippen molar-refractivity contribution in [1.29, 1.82) is 0 Å². The van der Waals surface area contributed by atoms with Crippen molar-refractivity contribution in [1.82, 2.24) is 0 Å². The zero-order valence-corrected chi connectivity index (χ0v) is 37.5. The van der Waals surface area contributed by atoms with Crippen LogP contribution in [0.2, 0.25) is 0 Å². The van der Waals surface area contributed by atoms with Gasteiger partial charge in [-0.25, -0.2) is 0 Å². The van der Waals surface area contributed by atoms with Gasteiger partial charge in [0.05, 0.1) is 17.0 Å². The molecule has 4 fully saturated rings. The summed E-state index contributed by atoms with van der Waals surface area (Å²) in [7, 11) is 11.0. The second-order valence-corrected chi connectivity index (χ2v) is 25.0. The molecule has 3 aliphatic carbocycles. The maximum atomic E-state index is 5.50. The normalized spacial score (nSPS) is 19.1. The fourth-order valence-electron chi connectivity index (χ4n) is 9.64. The molecule has 4 aliphatic rings. The summed E-state index contributed by atoms with van der Waals surface area (Å²) in [5, 5.41) is 0. The van der Waals surface area contributed by atoms with Crippen molar-refractivity contribution >= 4 is 42.9 Å². The molecule has 0 unspecified atom stereocenters. The molecule has 2 aromatic rings. The van der Waals surface area contributed by atoms with Crippen molar-refractivity contribution < 1.29 is 13.5 Å². The van der Waals surface area contributed by atoms with Crippen molar-refractivity contribution in [3.8, 4) is 0 Å². The minimum atomic E-state index is -1.67. The Kier molecular flexibility index (Phi) is 18.3. The number of aryl methyl sites for hydroxylation is 6. The first-order chi connectivity index (χ1) is 24.4. The summed E-state index contributed by atoms with van der Waals surface area (Å²) in [5.41, 5.74) is 15.7. The van der Waals surface area contributed by atoms with Gasteiger partial charge in [0.1, 0.15) is 0 Å². The van der Waals surface area contributed by atoms with E-state index in [1.165, 1.54) is 67.3 Å². The maximum Gasteiger partial charge on any atom is 0.0146 e. The van der Waals surface area contributed by atoms with E-state index in [0.29, 0.717) is 0 Å². The molecule has 6 heteroatoms. The molecule has 0 radical (unpaired) electrons. The standard InChI is InChI=1S/C21H27N2.C18H33P.C6H8.2ClH.Ru/c1-14-9-16(3)20(17(4)10-14)22-7-8-23(13-22)21-18(5)11-15(2)12-19(21)6;1-4-10-16(11-5-1)19(17-12-6-2-7-13-17)18-14-8-3-9-15-18;1-4-5-6(2)3;;;/h9-13H,7-8H2,1-6H3;16-18H,1-15H2;4-5H,2-3H3;2*1H;/q-1;;;;;+2/p-1. The Morgan fingerprint density at radius 3 is 1.25 bits per heavy atom. The van der Waals surface area contributed by atoms with Gasteiger partial charge in [-0.15, -0.1) is 0 Å². The Balaban J connectivity index is 0.000000188. The predicted octanol–water partition coefficient (Wildman–Crippen LogP) is 14.0. The molecule has 1 heterocycles. The Morgan fingerprint density at radius 2 is 0.961 bits per heavy atom. The smallest absolute Gasteiger partial charge is 0.0146 e. The third-order valence-electron chi connectivity index (χ3n) is 11.5. The number of hydrogen-bond acceptors (Lipinski definition) is 2. The fourth-order valence-corrected chi connectivity index (χ4v) is 15.8. The predicted molar refractivity (Wildman–Crippen MR) is 230 cm³/mol. The Labute approximate surface area is 328 Å². The van der Waals surface area contributed by atoms with Gasteiger partial charge < -0.3 is 9.80 Å². The molecule has 6 rings (SSSR count). The van der Waals surface area contributed by atoms with E-state index in [1.807, 2.05) is 19.9 Å². The van der Waals surface area contributed by atoms with Crippen LogP contribution in [-0.4, -0.2) is 34.3 Å². The maximum absolute atomic E-state index is 5.50. The van der Waals surface area contributed by atoms with Crippen LogP contribution in [0.4, 0.5) is 11.4 Å². The zero-order chi connectivity index (χ0) is 36.9. The van der Waals surface area contributed by atoms with Gasteiger partial charge in [-0.2, -0.15) is 6.67 Å². The Hall–Kier alpha value is -0.937. The van der Waals surface area contributed by atoms with Crippen LogP contribution in [0.5, 0.6) is 0 Å². The largest absolute Gasteiger partial charge is 0.502 e. The van der Waals surface area contributed by atoms with E-state index in [1.54, 1.807) is 102 Å². The molecule has 1 saturated heterocycles. The van der Waals surface area contributed by atoms with Crippen molar-refractivity contribution in [2.24, 2.45) is 0 Å². The van der Waals surface area contributed by atoms with Crippen molar-refractivity contribution in [2.75, 3.05) is 22.9 Å². The molecular formula is C45H69Cl2N2PRu. The quantitative estimate of drug-likeness (QED) is 0.124. The SMILES string of the molecule is C1CCC([PH+](C2CCCCC2)C2CCCCC2)CC1.CC(C)=CC=[C]=[Ru]([Cl])[Cl].Cc1cc(C)c(N2[CH-]N(c3c(C)cc(C)cc3C)CC2)c(C)c1. The van der Waals surface area contributed by atoms with Gasteiger partial charge in [0.2, 0.25) is 0 Å². The van der Waals surface area contributed by atoms with Crippen LogP contribution < -0.4 is 9.80 Å². The van der Waals surface area contributed by atoms with E-state index >= 15 is 0 Å². The number of nitrogens with zero attached hydrogens (tertiary/aromatic N) is 2. The summed E-state index contributed by atoms with van der Waals surface area (Å²) in [6.45, 7) is 21.6. The first kappa shape index (κ1) is 42.8. The molecule has 0 N–H and O–H groups in total. The average Bonchev–Trinajstić information content (AvgIpc) is 3.54. The third-order valence-corrected chi connectivity index (χ3v) is 17.6.